The van der Waals surface area contributed by atoms with Gasteiger partial charge in [-0.05, 0) is 47.6 Å². The number of ether oxygens (including phenoxy) is 2. The summed E-state index contributed by atoms with van der Waals surface area (Å²) < 4.78 is 11.3. The number of ketones is 1. The summed E-state index contributed by atoms with van der Waals surface area (Å²) in [7, 11) is 0. The second kappa shape index (κ2) is 8.86. The van der Waals surface area contributed by atoms with E-state index in [-0.39, 0.29) is 17.5 Å². The van der Waals surface area contributed by atoms with Gasteiger partial charge in [0, 0.05) is 12.5 Å². The molecule has 4 heteroatoms. The molecular formula is C26H28O4. The molecule has 1 heterocycles. The van der Waals surface area contributed by atoms with Gasteiger partial charge >= 0.3 is 5.97 Å². The van der Waals surface area contributed by atoms with Crippen molar-refractivity contribution in [1.29, 1.82) is 0 Å². The van der Waals surface area contributed by atoms with Crippen molar-refractivity contribution in [1.82, 2.24) is 0 Å². The van der Waals surface area contributed by atoms with E-state index in [2.05, 4.69) is 26.0 Å². The summed E-state index contributed by atoms with van der Waals surface area (Å²) >= 11 is 0. The molecule has 2 aliphatic rings. The quantitative estimate of drug-likeness (QED) is 0.322. The lowest BCUT2D eigenvalue weighted by Crippen LogP contribution is -2.09. The second-order valence-electron chi connectivity index (χ2n) is 8.58. The largest absolute Gasteiger partial charge is 0.452 e. The fourth-order valence-corrected chi connectivity index (χ4v) is 4.16. The lowest BCUT2D eigenvalue weighted by molar-refractivity contribution is -0.134. The third-order valence-corrected chi connectivity index (χ3v) is 6.01. The van der Waals surface area contributed by atoms with Gasteiger partial charge in [0.2, 0.25) is 5.78 Å². The van der Waals surface area contributed by atoms with Gasteiger partial charge in [0.1, 0.15) is 11.5 Å². The average molecular weight is 405 g/mol. The van der Waals surface area contributed by atoms with Crippen LogP contribution < -0.4 is 9.47 Å². The van der Waals surface area contributed by atoms with E-state index < -0.39 is 0 Å². The van der Waals surface area contributed by atoms with E-state index in [0.29, 0.717) is 35.3 Å². The Labute approximate surface area is 177 Å². The molecule has 4 nitrogen and oxygen atoms in total. The van der Waals surface area contributed by atoms with Crippen LogP contribution in [0.4, 0.5) is 0 Å². The van der Waals surface area contributed by atoms with Gasteiger partial charge in [-0.1, -0.05) is 63.8 Å². The molecule has 4 rings (SSSR count). The number of esters is 1. The molecule has 1 fully saturated rings. The fourth-order valence-electron chi connectivity index (χ4n) is 4.16. The molecule has 1 saturated carbocycles. The highest BCUT2D eigenvalue weighted by Crippen LogP contribution is 2.35. The van der Waals surface area contributed by atoms with Crippen molar-refractivity contribution in [2.24, 2.45) is 5.92 Å². The fraction of sp³-hybridized carbons (Fsp3) is 0.385. The molecule has 0 unspecified atom stereocenters. The van der Waals surface area contributed by atoms with Crippen LogP contribution >= 0.6 is 0 Å². The maximum Gasteiger partial charge on any atom is 0.311 e. The summed E-state index contributed by atoms with van der Waals surface area (Å²) in [5.41, 5.74) is 2.65. The van der Waals surface area contributed by atoms with Crippen molar-refractivity contribution in [2.75, 3.05) is 0 Å². The first-order valence-electron chi connectivity index (χ1n) is 10.9. The molecule has 30 heavy (non-hydrogen) atoms. The molecule has 2 aromatic carbocycles. The number of rotatable bonds is 6. The average Bonchev–Trinajstić information content (AvgIpc) is 3.35. The van der Waals surface area contributed by atoms with Crippen molar-refractivity contribution in [2.45, 2.75) is 58.3 Å². The zero-order valence-electron chi connectivity index (χ0n) is 17.6. The predicted molar refractivity (Wildman–Crippen MR) is 117 cm³/mol. The Kier molecular flexibility index (Phi) is 6.03. The van der Waals surface area contributed by atoms with Crippen LogP contribution in [0.1, 0.15) is 79.8 Å². The zero-order valence-corrected chi connectivity index (χ0v) is 17.6. The summed E-state index contributed by atoms with van der Waals surface area (Å²) in [4.78, 5) is 24.8. The lowest BCUT2D eigenvalue weighted by Gasteiger charge is -2.09. The molecule has 0 spiro atoms. The van der Waals surface area contributed by atoms with Gasteiger partial charge in [0.25, 0.3) is 0 Å². The van der Waals surface area contributed by atoms with Crippen molar-refractivity contribution >= 4 is 17.8 Å². The third-order valence-electron chi connectivity index (χ3n) is 6.01. The topological polar surface area (TPSA) is 52.6 Å². The minimum atomic E-state index is -0.229. The molecule has 0 bridgehead atoms. The molecule has 2 aromatic rings. The zero-order chi connectivity index (χ0) is 21.1. The van der Waals surface area contributed by atoms with Gasteiger partial charge in [0.05, 0.1) is 5.56 Å². The van der Waals surface area contributed by atoms with Crippen molar-refractivity contribution < 1.29 is 19.1 Å². The summed E-state index contributed by atoms with van der Waals surface area (Å²) in [5.74, 6) is 1.86. The molecule has 0 saturated heterocycles. The van der Waals surface area contributed by atoms with Gasteiger partial charge in [-0.2, -0.15) is 0 Å². The Morgan fingerprint density at radius 3 is 2.57 bits per heavy atom. The number of hydrogen-bond acceptors (Lipinski definition) is 4. The Hall–Kier alpha value is -2.88. The standard InChI is InChI=1S/C26H28O4/c1-17(2)20-10-7-19(8-11-20)15-24-26(28)22-13-12-21(16-23(22)30-24)29-25(27)14-9-18-5-3-4-6-18/h7-8,10-13,15-18H,3-6,9,14H2,1-2H3. The number of carbonyl (C=O) groups is 2. The molecule has 0 aromatic heterocycles. The highest BCUT2D eigenvalue weighted by molar-refractivity contribution is 6.14. The normalized spacial score (nSPS) is 17.4. The highest BCUT2D eigenvalue weighted by Gasteiger charge is 2.28. The number of allylic oxidation sites excluding steroid dienone is 1. The van der Waals surface area contributed by atoms with E-state index in [9.17, 15) is 9.59 Å². The molecule has 156 valence electrons. The first-order chi connectivity index (χ1) is 14.5. The summed E-state index contributed by atoms with van der Waals surface area (Å²) in [6, 6.07) is 13.1. The van der Waals surface area contributed by atoms with Crippen LogP contribution in [0, 0.1) is 5.92 Å². The van der Waals surface area contributed by atoms with Gasteiger partial charge in [-0.25, -0.2) is 0 Å². The van der Waals surface area contributed by atoms with Crippen LogP contribution in [-0.2, 0) is 4.79 Å². The molecule has 1 aliphatic heterocycles. The lowest BCUT2D eigenvalue weighted by atomic mass is 10.0. The van der Waals surface area contributed by atoms with Crippen molar-refractivity contribution in [3.63, 3.8) is 0 Å². The maximum atomic E-state index is 12.7. The first kappa shape index (κ1) is 20.4. The Bertz CT molecular complexity index is 963. The minimum Gasteiger partial charge on any atom is -0.452 e. The first-order valence-corrected chi connectivity index (χ1v) is 10.9. The van der Waals surface area contributed by atoms with Gasteiger partial charge in [-0.3, -0.25) is 9.59 Å². The second-order valence-corrected chi connectivity index (χ2v) is 8.58. The van der Waals surface area contributed by atoms with Gasteiger partial charge < -0.3 is 9.47 Å². The van der Waals surface area contributed by atoms with Crippen LogP contribution in [0.2, 0.25) is 0 Å². The van der Waals surface area contributed by atoms with Crippen LogP contribution in [0.5, 0.6) is 11.5 Å². The van der Waals surface area contributed by atoms with E-state index >= 15 is 0 Å². The number of benzene rings is 2. The predicted octanol–water partition coefficient (Wildman–Crippen LogP) is 6.30. The van der Waals surface area contributed by atoms with Crippen LogP contribution in [0.15, 0.2) is 48.2 Å². The van der Waals surface area contributed by atoms with Gasteiger partial charge in [0.15, 0.2) is 5.76 Å². The molecule has 0 radical (unpaired) electrons. The summed E-state index contributed by atoms with van der Waals surface area (Å²) in [6.45, 7) is 4.29. The summed E-state index contributed by atoms with van der Waals surface area (Å²) in [6.07, 6.45) is 8.05. The monoisotopic (exact) mass is 404 g/mol. The van der Waals surface area contributed by atoms with Gasteiger partial charge in [-0.15, -0.1) is 0 Å². The number of hydrogen-bond donors (Lipinski definition) is 0. The summed E-state index contributed by atoms with van der Waals surface area (Å²) in [5, 5.41) is 0. The highest BCUT2D eigenvalue weighted by atomic mass is 16.5. The van der Waals surface area contributed by atoms with Crippen LogP contribution in [0.3, 0.4) is 0 Å². The Balaban J connectivity index is 1.41. The van der Waals surface area contributed by atoms with E-state index in [1.807, 2.05) is 12.1 Å². The Morgan fingerprint density at radius 1 is 1.13 bits per heavy atom. The van der Waals surface area contributed by atoms with E-state index in [4.69, 9.17) is 9.47 Å². The third kappa shape index (κ3) is 4.64. The van der Waals surface area contributed by atoms with Crippen molar-refractivity contribution in [3.8, 4) is 11.5 Å². The minimum absolute atomic E-state index is 0.156. The van der Waals surface area contributed by atoms with Crippen LogP contribution in [-0.4, -0.2) is 11.8 Å². The maximum absolute atomic E-state index is 12.7. The number of carbonyl (C=O) groups excluding carboxylic acids is 2. The number of Topliss-reactive ketones (excluding diaryl/α,β-unsaturated/α-hetero) is 1. The Morgan fingerprint density at radius 2 is 1.87 bits per heavy atom. The van der Waals surface area contributed by atoms with Crippen LogP contribution in [0.25, 0.3) is 6.08 Å². The van der Waals surface area contributed by atoms with E-state index in [1.165, 1.54) is 31.2 Å². The molecule has 1 aliphatic carbocycles. The van der Waals surface area contributed by atoms with Crippen molar-refractivity contribution in [3.05, 3.63) is 64.9 Å². The molecular weight excluding hydrogens is 376 g/mol. The van der Waals surface area contributed by atoms with E-state index in [0.717, 1.165) is 12.0 Å². The number of fused-ring (bicyclic) bond motifs is 1. The van der Waals surface area contributed by atoms with E-state index in [1.54, 1.807) is 24.3 Å². The molecule has 0 atom stereocenters. The SMILES string of the molecule is CC(C)c1ccc(C=C2Oc3cc(OC(=O)CCC4CCCC4)ccc3C2=O)cc1. The molecule has 0 amide bonds. The smallest absolute Gasteiger partial charge is 0.311 e. The molecule has 0 N–H and O–H groups in total.